The average molecular weight is 263 g/mol. The van der Waals surface area contributed by atoms with Gasteiger partial charge < -0.3 is 10.1 Å². The first-order valence-corrected chi connectivity index (χ1v) is 6.65. The molecule has 1 N–H and O–H groups in total. The van der Waals surface area contributed by atoms with Crippen molar-refractivity contribution in [3.63, 3.8) is 0 Å². The largest absolute Gasteiger partial charge is 0.376 e. The second-order valence-electron chi connectivity index (χ2n) is 4.92. The lowest BCUT2D eigenvalue weighted by molar-refractivity contribution is -0.116. The van der Waals surface area contributed by atoms with E-state index in [4.69, 9.17) is 4.74 Å². The van der Waals surface area contributed by atoms with Crippen LogP contribution in [0.5, 0.6) is 0 Å². The van der Waals surface area contributed by atoms with Gasteiger partial charge in [-0.25, -0.2) is 0 Å². The van der Waals surface area contributed by atoms with E-state index in [0.29, 0.717) is 6.54 Å². The van der Waals surface area contributed by atoms with Crippen LogP contribution in [0.1, 0.15) is 29.8 Å². The van der Waals surface area contributed by atoms with Gasteiger partial charge in [0.15, 0.2) is 0 Å². The molecule has 19 heavy (non-hydrogen) atoms. The zero-order valence-electron chi connectivity index (χ0n) is 11.8. The first-order valence-electron chi connectivity index (χ1n) is 6.65. The Kier molecular flexibility index (Phi) is 4.37. The van der Waals surface area contributed by atoms with E-state index in [1.165, 1.54) is 0 Å². The summed E-state index contributed by atoms with van der Waals surface area (Å²) < 4.78 is 7.27. The summed E-state index contributed by atoms with van der Waals surface area (Å²) in [6.45, 7) is 5.33. The molecule has 1 aromatic rings. The van der Waals surface area contributed by atoms with Crippen molar-refractivity contribution in [2.75, 3.05) is 13.2 Å². The van der Waals surface area contributed by atoms with E-state index in [9.17, 15) is 4.79 Å². The summed E-state index contributed by atoms with van der Waals surface area (Å²) in [5.74, 6) is -0.0850. The minimum absolute atomic E-state index is 0.0850. The standard InChI is InChI=1S/C14H21N3O2/c1-10-13(11(2)17(3)16-10)6-7-14(18)15-9-12-5-4-8-19-12/h6-7,12H,4-5,8-9H2,1-3H3,(H,15,18)/b7-6-/t12-/m1/s1. The molecule has 0 spiro atoms. The van der Waals surface area contributed by atoms with Gasteiger partial charge in [0, 0.05) is 37.5 Å². The van der Waals surface area contributed by atoms with E-state index >= 15 is 0 Å². The van der Waals surface area contributed by atoms with E-state index in [-0.39, 0.29) is 12.0 Å². The number of hydrogen-bond donors (Lipinski definition) is 1. The lowest BCUT2D eigenvalue weighted by atomic mass is 10.2. The zero-order valence-corrected chi connectivity index (χ0v) is 11.8. The molecule has 1 amide bonds. The van der Waals surface area contributed by atoms with Crippen molar-refractivity contribution >= 4 is 12.0 Å². The topological polar surface area (TPSA) is 56.2 Å². The van der Waals surface area contributed by atoms with Crippen molar-refractivity contribution in [2.24, 2.45) is 7.05 Å². The lowest BCUT2D eigenvalue weighted by Crippen LogP contribution is -2.30. The molecule has 1 saturated heterocycles. The number of hydrogen-bond acceptors (Lipinski definition) is 3. The van der Waals surface area contributed by atoms with Crippen molar-refractivity contribution in [1.29, 1.82) is 0 Å². The van der Waals surface area contributed by atoms with Crippen LogP contribution in [0.15, 0.2) is 6.08 Å². The average Bonchev–Trinajstić information content (AvgIpc) is 2.96. The van der Waals surface area contributed by atoms with Crippen molar-refractivity contribution in [3.8, 4) is 0 Å². The van der Waals surface area contributed by atoms with Crippen molar-refractivity contribution < 1.29 is 9.53 Å². The molecular weight excluding hydrogens is 242 g/mol. The maximum Gasteiger partial charge on any atom is 0.244 e. The molecule has 0 saturated carbocycles. The predicted octanol–water partition coefficient (Wildman–Crippen LogP) is 1.35. The van der Waals surface area contributed by atoms with Gasteiger partial charge in [-0.05, 0) is 32.8 Å². The minimum Gasteiger partial charge on any atom is -0.376 e. The van der Waals surface area contributed by atoms with Gasteiger partial charge in [-0.3, -0.25) is 9.48 Å². The summed E-state index contributed by atoms with van der Waals surface area (Å²) in [6, 6.07) is 0. The second kappa shape index (κ2) is 6.02. The van der Waals surface area contributed by atoms with Crippen LogP contribution in [0, 0.1) is 13.8 Å². The molecule has 1 aliphatic rings. The Morgan fingerprint density at radius 2 is 2.37 bits per heavy atom. The van der Waals surface area contributed by atoms with Gasteiger partial charge in [0.2, 0.25) is 5.91 Å². The Labute approximate surface area is 113 Å². The Hall–Kier alpha value is -1.62. The SMILES string of the molecule is Cc1nn(C)c(C)c1/C=C\C(=O)NC[C@H]1CCCO1. The normalized spacial score (nSPS) is 19.2. The maximum absolute atomic E-state index is 11.7. The van der Waals surface area contributed by atoms with E-state index in [1.54, 1.807) is 6.08 Å². The third kappa shape index (κ3) is 3.44. The molecule has 0 bridgehead atoms. The van der Waals surface area contributed by atoms with Crippen LogP contribution in [-0.2, 0) is 16.6 Å². The molecule has 5 heteroatoms. The van der Waals surface area contributed by atoms with Crippen LogP contribution >= 0.6 is 0 Å². The number of rotatable bonds is 4. The fourth-order valence-corrected chi connectivity index (χ4v) is 2.27. The number of carbonyl (C=O) groups is 1. The summed E-state index contributed by atoms with van der Waals surface area (Å²) in [7, 11) is 1.90. The van der Waals surface area contributed by atoms with Gasteiger partial charge in [0.1, 0.15) is 0 Å². The van der Waals surface area contributed by atoms with Gasteiger partial charge in [0.05, 0.1) is 11.8 Å². The van der Waals surface area contributed by atoms with Crippen LogP contribution in [-0.4, -0.2) is 34.9 Å². The molecule has 1 fully saturated rings. The molecule has 104 valence electrons. The number of nitrogens with zero attached hydrogens (tertiary/aromatic N) is 2. The molecular formula is C14H21N3O2. The van der Waals surface area contributed by atoms with Crippen molar-refractivity contribution in [2.45, 2.75) is 32.8 Å². The van der Waals surface area contributed by atoms with Gasteiger partial charge in [0.25, 0.3) is 0 Å². The lowest BCUT2D eigenvalue weighted by Gasteiger charge is -2.08. The van der Waals surface area contributed by atoms with Gasteiger partial charge in [-0.1, -0.05) is 0 Å². The monoisotopic (exact) mass is 263 g/mol. The third-order valence-corrected chi connectivity index (χ3v) is 3.49. The Morgan fingerprint density at radius 3 is 2.95 bits per heavy atom. The third-order valence-electron chi connectivity index (χ3n) is 3.49. The summed E-state index contributed by atoms with van der Waals surface area (Å²) in [5.41, 5.74) is 3.00. The van der Waals surface area contributed by atoms with Crippen LogP contribution in [0.4, 0.5) is 0 Å². The van der Waals surface area contributed by atoms with E-state index in [2.05, 4.69) is 10.4 Å². The Morgan fingerprint density at radius 1 is 1.58 bits per heavy atom. The highest BCUT2D eigenvalue weighted by atomic mass is 16.5. The van der Waals surface area contributed by atoms with E-state index in [0.717, 1.165) is 36.4 Å². The Balaban J connectivity index is 1.88. The quantitative estimate of drug-likeness (QED) is 0.834. The zero-order chi connectivity index (χ0) is 13.8. The molecule has 0 aromatic carbocycles. The molecule has 0 radical (unpaired) electrons. The minimum atomic E-state index is -0.0850. The predicted molar refractivity (Wildman–Crippen MR) is 73.7 cm³/mol. The first kappa shape index (κ1) is 13.8. The summed E-state index contributed by atoms with van der Waals surface area (Å²) in [5, 5.41) is 7.17. The molecule has 2 heterocycles. The van der Waals surface area contributed by atoms with Gasteiger partial charge >= 0.3 is 0 Å². The second-order valence-corrected chi connectivity index (χ2v) is 4.92. The molecule has 2 rings (SSSR count). The van der Waals surface area contributed by atoms with Crippen LogP contribution in [0.3, 0.4) is 0 Å². The number of amides is 1. The summed E-state index contributed by atoms with van der Waals surface area (Å²) in [6.07, 6.45) is 5.68. The summed E-state index contributed by atoms with van der Waals surface area (Å²) >= 11 is 0. The molecule has 0 aliphatic carbocycles. The van der Waals surface area contributed by atoms with Gasteiger partial charge in [-0.15, -0.1) is 0 Å². The first-order chi connectivity index (χ1) is 9.08. The van der Waals surface area contributed by atoms with Crippen molar-refractivity contribution in [3.05, 3.63) is 23.0 Å². The molecule has 1 aromatic heterocycles. The molecule has 0 unspecified atom stereocenters. The molecule has 5 nitrogen and oxygen atoms in total. The van der Waals surface area contributed by atoms with Gasteiger partial charge in [-0.2, -0.15) is 5.10 Å². The number of ether oxygens (including phenoxy) is 1. The highest BCUT2D eigenvalue weighted by molar-refractivity contribution is 5.92. The molecule has 1 aliphatic heterocycles. The fourth-order valence-electron chi connectivity index (χ4n) is 2.27. The smallest absolute Gasteiger partial charge is 0.244 e. The van der Waals surface area contributed by atoms with Crippen LogP contribution < -0.4 is 5.32 Å². The van der Waals surface area contributed by atoms with Crippen molar-refractivity contribution in [1.82, 2.24) is 15.1 Å². The number of nitrogens with one attached hydrogen (secondary N) is 1. The van der Waals surface area contributed by atoms with Crippen LogP contribution in [0.25, 0.3) is 6.08 Å². The Bertz CT molecular complexity index is 485. The number of aromatic nitrogens is 2. The van der Waals surface area contributed by atoms with E-state index < -0.39 is 0 Å². The summed E-state index contributed by atoms with van der Waals surface area (Å²) in [4.78, 5) is 11.7. The number of carbonyl (C=O) groups excluding carboxylic acids is 1. The highest BCUT2D eigenvalue weighted by Gasteiger charge is 2.15. The highest BCUT2D eigenvalue weighted by Crippen LogP contribution is 2.13. The fraction of sp³-hybridized carbons (Fsp3) is 0.571. The van der Waals surface area contributed by atoms with E-state index in [1.807, 2.05) is 31.7 Å². The van der Waals surface area contributed by atoms with Crippen LogP contribution in [0.2, 0.25) is 0 Å². The number of aryl methyl sites for hydroxylation is 2. The molecule has 1 atom stereocenters. The maximum atomic E-state index is 11.7.